The number of rotatable bonds is 1. The van der Waals surface area contributed by atoms with Gasteiger partial charge in [0.05, 0.1) is 29.3 Å². The van der Waals surface area contributed by atoms with E-state index in [2.05, 4.69) is 19.9 Å². The fraction of sp³-hybridized carbons (Fsp3) is 0. The first-order chi connectivity index (χ1) is 9.81. The molecule has 0 fully saturated rings. The van der Waals surface area contributed by atoms with Crippen LogP contribution in [0, 0.1) is 0 Å². The lowest BCUT2D eigenvalue weighted by atomic mass is 10.1. The van der Waals surface area contributed by atoms with Gasteiger partial charge >= 0.3 is 0 Å². The van der Waals surface area contributed by atoms with Gasteiger partial charge in [0.2, 0.25) is 0 Å². The van der Waals surface area contributed by atoms with Crippen molar-refractivity contribution >= 4 is 27.6 Å². The third kappa shape index (κ3) is 1.60. The molecule has 96 valence electrons. The molecule has 0 atom stereocenters. The quantitative estimate of drug-likeness (QED) is 0.552. The van der Waals surface area contributed by atoms with Crippen molar-refractivity contribution in [3.8, 4) is 11.3 Å². The molecule has 0 saturated heterocycles. The number of hydrogen-bond donors (Lipinski definition) is 2. The first-order valence-electron chi connectivity index (χ1n) is 6.24. The summed E-state index contributed by atoms with van der Waals surface area (Å²) in [5.41, 5.74) is 10.1. The Morgan fingerprint density at radius 1 is 1.00 bits per heavy atom. The second-order valence-corrected chi connectivity index (χ2v) is 4.65. The molecule has 20 heavy (non-hydrogen) atoms. The number of H-pyrrole nitrogens is 1. The van der Waals surface area contributed by atoms with E-state index in [0.717, 1.165) is 33.2 Å². The molecule has 0 aliphatic rings. The average Bonchev–Trinajstić information content (AvgIpc) is 2.85. The zero-order valence-corrected chi connectivity index (χ0v) is 10.5. The molecular weight excluding hydrogens is 250 g/mol. The number of anilines is 1. The lowest BCUT2D eigenvalue weighted by molar-refractivity contribution is 1.28. The number of nitrogen functional groups attached to an aromatic ring is 1. The van der Waals surface area contributed by atoms with Crippen LogP contribution in [-0.2, 0) is 0 Å². The first-order valence-corrected chi connectivity index (χ1v) is 6.24. The van der Waals surface area contributed by atoms with Crippen molar-refractivity contribution in [3.63, 3.8) is 0 Å². The molecule has 0 aliphatic heterocycles. The highest BCUT2D eigenvalue weighted by Gasteiger charge is 2.08. The number of nitrogens with two attached hydrogens (primary N) is 1. The van der Waals surface area contributed by atoms with Gasteiger partial charge in [-0.2, -0.15) is 0 Å². The summed E-state index contributed by atoms with van der Waals surface area (Å²) in [5.74, 6) is 0. The lowest BCUT2D eigenvalue weighted by Gasteiger charge is -2.00. The number of aromatic nitrogens is 4. The molecule has 0 saturated carbocycles. The Hall–Kier alpha value is -2.95. The smallest absolute Gasteiger partial charge is 0.138 e. The van der Waals surface area contributed by atoms with Crippen LogP contribution in [0.1, 0.15) is 0 Å². The van der Waals surface area contributed by atoms with Crippen LogP contribution in [0.3, 0.4) is 0 Å². The van der Waals surface area contributed by atoms with Crippen LogP contribution in [0.4, 0.5) is 5.69 Å². The lowest BCUT2D eigenvalue weighted by Crippen LogP contribution is -1.85. The Bertz CT molecular complexity index is 912. The van der Waals surface area contributed by atoms with Crippen LogP contribution < -0.4 is 5.73 Å². The monoisotopic (exact) mass is 261 g/mol. The second kappa shape index (κ2) is 4.03. The van der Waals surface area contributed by atoms with Gasteiger partial charge in [-0.3, -0.25) is 9.97 Å². The molecule has 0 bridgehead atoms. The van der Waals surface area contributed by atoms with E-state index in [-0.39, 0.29) is 0 Å². The fourth-order valence-corrected chi connectivity index (χ4v) is 2.36. The zero-order valence-electron chi connectivity index (χ0n) is 10.5. The Kier molecular flexibility index (Phi) is 2.20. The molecule has 0 aliphatic carbocycles. The van der Waals surface area contributed by atoms with E-state index >= 15 is 0 Å². The summed E-state index contributed by atoms with van der Waals surface area (Å²) in [6.07, 6.45) is 7.01. The number of aromatic amines is 1. The van der Waals surface area contributed by atoms with Gasteiger partial charge in [0.15, 0.2) is 0 Å². The van der Waals surface area contributed by atoms with E-state index in [0.29, 0.717) is 5.69 Å². The molecule has 4 rings (SSSR count). The van der Waals surface area contributed by atoms with Gasteiger partial charge in [-0.05, 0) is 24.3 Å². The van der Waals surface area contributed by atoms with E-state index in [1.807, 2.05) is 30.5 Å². The number of fused-ring (bicyclic) bond motifs is 3. The van der Waals surface area contributed by atoms with Crippen LogP contribution in [0.2, 0.25) is 0 Å². The largest absolute Gasteiger partial charge is 0.397 e. The van der Waals surface area contributed by atoms with Crippen LogP contribution in [0.25, 0.3) is 33.2 Å². The summed E-state index contributed by atoms with van der Waals surface area (Å²) >= 11 is 0. The average molecular weight is 261 g/mol. The third-order valence-electron chi connectivity index (χ3n) is 3.31. The predicted molar refractivity (Wildman–Crippen MR) is 79.0 cm³/mol. The molecule has 4 aromatic heterocycles. The maximum atomic E-state index is 5.82. The van der Waals surface area contributed by atoms with Gasteiger partial charge in [0.1, 0.15) is 5.65 Å². The van der Waals surface area contributed by atoms with Crippen molar-refractivity contribution in [1.29, 1.82) is 0 Å². The topological polar surface area (TPSA) is 80.5 Å². The standard InChI is InChI=1S/C15H11N5/c16-10-4-12-11-5-13(9-2-1-3-17-6-9)18-8-14(11)20-15(12)19-7-10/h1-8H,16H2,(H,19,20). The van der Waals surface area contributed by atoms with Crippen molar-refractivity contribution in [2.45, 2.75) is 0 Å². The fourth-order valence-electron chi connectivity index (χ4n) is 2.36. The van der Waals surface area contributed by atoms with Crippen molar-refractivity contribution in [2.24, 2.45) is 0 Å². The normalized spacial score (nSPS) is 11.2. The minimum Gasteiger partial charge on any atom is -0.397 e. The molecule has 5 nitrogen and oxygen atoms in total. The van der Waals surface area contributed by atoms with Crippen LogP contribution >= 0.6 is 0 Å². The van der Waals surface area contributed by atoms with E-state index in [1.165, 1.54) is 0 Å². The van der Waals surface area contributed by atoms with E-state index in [9.17, 15) is 0 Å². The molecule has 0 amide bonds. The molecule has 3 N–H and O–H groups in total. The zero-order chi connectivity index (χ0) is 13.5. The van der Waals surface area contributed by atoms with Gasteiger partial charge in [-0.1, -0.05) is 0 Å². The Labute approximate surface area is 114 Å². The van der Waals surface area contributed by atoms with E-state index < -0.39 is 0 Å². The summed E-state index contributed by atoms with van der Waals surface area (Å²) in [6.45, 7) is 0. The number of hydrogen-bond acceptors (Lipinski definition) is 4. The van der Waals surface area contributed by atoms with Crippen molar-refractivity contribution in [2.75, 3.05) is 5.73 Å². The maximum Gasteiger partial charge on any atom is 0.138 e. The van der Waals surface area contributed by atoms with Gasteiger partial charge < -0.3 is 10.7 Å². The van der Waals surface area contributed by atoms with Crippen molar-refractivity contribution in [1.82, 2.24) is 19.9 Å². The van der Waals surface area contributed by atoms with Gasteiger partial charge in [-0.15, -0.1) is 0 Å². The number of nitrogens with zero attached hydrogens (tertiary/aromatic N) is 3. The van der Waals surface area contributed by atoms with Crippen molar-refractivity contribution in [3.05, 3.63) is 49.1 Å². The van der Waals surface area contributed by atoms with E-state index in [1.54, 1.807) is 18.6 Å². The highest BCUT2D eigenvalue weighted by atomic mass is 14.9. The maximum absolute atomic E-state index is 5.82. The molecule has 0 aromatic carbocycles. The summed E-state index contributed by atoms with van der Waals surface area (Å²) in [5, 5.41) is 2.07. The molecule has 5 heteroatoms. The minimum absolute atomic E-state index is 0.651. The molecular formula is C15H11N5. The Balaban J connectivity index is 2.03. The number of nitrogens with one attached hydrogen (secondary N) is 1. The Morgan fingerprint density at radius 3 is 2.80 bits per heavy atom. The molecule has 0 spiro atoms. The van der Waals surface area contributed by atoms with Crippen molar-refractivity contribution < 1.29 is 0 Å². The van der Waals surface area contributed by atoms with Gasteiger partial charge in [0.25, 0.3) is 0 Å². The first kappa shape index (κ1) is 10.9. The highest BCUT2D eigenvalue weighted by molar-refractivity contribution is 6.07. The molecule has 0 unspecified atom stereocenters. The van der Waals surface area contributed by atoms with Crippen LogP contribution in [0.5, 0.6) is 0 Å². The summed E-state index contributed by atoms with van der Waals surface area (Å²) < 4.78 is 0. The van der Waals surface area contributed by atoms with E-state index in [4.69, 9.17) is 5.73 Å². The SMILES string of the molecule is Nc1cnc2[nH]c3cnc(-c4cccnc4)cc3c2c1. The number of pyridine rings is 3. The molecule has 4 aromatic rings. The minimum atomic E-state index is 0.651. The van der Waals surface area contributed by atoms with Gasteiger partial charge in [0, 0.05) is 28.7 Å². The Morgan fingerprint density at radius 2 is 1.95 bits per heavy atom. The molecule has 4 heterocycles. The van der Waals surface area contributed by atoms with Crippen LogP contribution in [0.15, 0.2) is 49.1 Å². The summed E-state index contributed by atoms with van der Waals surface area (Å²) in [4.78, 5) is 16.1. The summed E-state index contributed by atoms with van der Waals surface area (Å²) in [6, 6.07) is 7.85. The third-order valence-corrected chi connectivity index (χ3v) is 3.31. The second-order valence-electron chi connectivity index (χ2n) is 4.65. The van der Waals surface area contributed by atoms with Gasteiger partial charge in [-0.25, -0.2) is 4.98 Å². The summed E-state index contributed by atoms with van der Waals surface area (Å²) in [7, 11) is 0. The highest BCUT2D eigenvalue weighted by Crippen LogP contribution is 2.28. The predicted octanol–water partition coefficient (Wildman–Crippen LogP) is 2.76. The molecule has 0 radical (unpaired) electrons. The van der Waals surface area contributed by atoms with Crippen LogP contribution in [-0.4, -0.2) is 19.9 Å².